The Kier molecular flexibility index (Phi) is 4.62. The molecule has 1 aromatic rings. The van der Waals surface area contributed by atoms with Gasteiger partial charge in [0.1, 0.15) is 0 Å². The van der Waals surface area contributed by atoms with E-state index in [9.17, 15) is 0 Å². The smallest absolute Gasteiger partial charge is 0.0313 e. The molecular weight excluding hydrogens is 124 g/mol. The second-order valence-corrected chi connectivity index (χ2v) is 1.58. The van der Waals surface area contributed by atoms with E-state index in [0.717, 1.165) is 5.69 Å². The topological polar surface area (TPSA) is 52.0 Å². The van der Waals surface area contributed by atoms with Gasteiger partial charge in [0, 0.05) is 5.69 Å². The van der Waals surface area contributed by atoms with Crippen molar-refractivity contribution in [1.82, 2.24) is 0 Å². The van der Waals surface area contributed by atoms with E-state index in [2.05, 4.69) is 12.2 Å². The Labute approximate surface area is 60.8 Å². The molecule has 4 N–H and O–H groups in total. The fraction of sp³-hybridized carbons (Fsp3) is 0. The van der Waals surface area contributed by atoms with Crippen LogP contribution in [0, 0.1) is 12.5 Å². The fourth-order valence-electron chi connectivity index (χ4n) is 0.453. The standard InChI is InChI=1S/C6H7N.C2H3N/c7-6-4-2-1-3-5-6;1-2-3/h1-5H,7H2;1H,3H2. The second kappa shape index (κ2) is 5.52. The number of para-hydroxylation sites is 1. The SMILES string of the molecule is C#CN.Nc1ccccc1. The first-order valence-electron chi connectivity index (χ1n) is 2.78. The van der Waals surface area contributed by atoms with Gasteiger partial charge in [-0.25, -0.2) is 0 Å². The number of anilines is 1. The predicted octanol–water partition coefficient (Wildman–Crippen LogP) is 0.805. The molecule has 10 heavy (non-hydrogen) atoms. The monoisotopic (exact) mass is 134 g/mol. The maximum Gasteiger partial charge on any atom is 0.0313 e. The van der Waals surface area contributed by atoms with Gasteiger partial charge in [-0.15, -0.1) is 0 Å². The first-order chi connectivity index (χ1) is 4.81. The molecule has 0 aromatic heterocycles. The van der Waals surface area contributed by atoms with E-state index in [0.29, 0.717) is 0 Å². The first-order valence-corrected chi connectivity index (χ1v) is 2.78. The average Bonchev–Trinajstić information content (AvgIpc) is 1.91. The molecule has 0 aliphatic carbocycles. The van der Waals surface area contributed by atoms with Crippen LogP contribution < -0.4 is 11.5 Å². The van der Waals surface area contributed by atoms with Crippen molar-refractivity contribution < 1.29 is 0 Å². The number of hydrogen-bond acceptors (Lipinski definition) is 2. The number of rotatable bonds is 0. The molecule has 2 heteroatoms. The Hall–Kier alpha value is -1.62. The van der Waals surface area contributed by atoms with Gasteiger partial charge in [-0.1, -0.05) is 24.6 Å². The maximum atomic E-state index is 5.36. The van der Waals surface area contributed by atoms with Gasteiger partial charge in [-0.05, 0) is 18.2 Å². The molecule has 0 aliphatic heterocycles. The molecule has 1 aromatic carbocycles. The Morgan fingerprint density at radius 2 is 1.60 bits per heavy atom. The van der Waals surface area contributed by atoms with Crippen molar-refractivity contribution >= 4 is 5.69 Å². The van der Waals surface area contributed by atoms with Crippen LogP contribution in [0.2, 0.25) is 0 Å². The number of hydrogen-bond donors (Lipinski definition) is 2. The minimum absolute atomic E-state index is 0.822. The molecule has 0 spiro atoms. The van der Waals surface area contributed by atoms with Crippen molar-refractivity contribution in [2.24, 2.45) is 5.73 Å². The summed E-state index contributed by atoms with van der Waals surface area (Å²) in [5.74, 6) is 0. The summed E-state index contributed by atoms with van der Waals surface area (Å²) in [6.07, 6.45) is 4.38. The minimum atomic E-state index is 0.822. The number of nitrogens with two attached hydrogens (primary N) is 2. The van der Waals surface area contributed by atoms with Crippen LogP contribution in [-0.2, 0) is 0 Å². The lowest BCUT2D eigenvalue weighted by molar-refractivity contribution is 1.69. The van der Waals surface area contributed by atoms with Crippen molar-refractivity contribution in [3.05, 3.63) is 30.3 Å². The number of nitrogen functional groups attached to an aromatic ring is 1. The Bertz CT molecular complexity index is 198. The number of benzene rings is 1. The van der Waals surface area contributed by atoms with E-state index in [1.54, 1.807) is 6.04 Å². The molecule has 2 nitrogen and oxygen atoms in total. The van der Waals surface area contributed by atoms with Crippen molar-refractivity contribution in [1.29, 1.82) is 0 Å². The van der Waals surface area contributed by atoms with Crippen LogP contribution in [0.3, 0.4) is 0 Å². The molecule has 1 rings (SSSR count). The van der Waals surface area contributed by atoms with E-state index in [1.807, 2.05) is 30.3 Å². The van der Waals surface area contributed by atoms with Gasteiger partial charge >= 0.3 is 0 Å². The molecule has 0 radical (unpaired) electrons. The molecule has 0 saturated heterocycles. The third-order valence-corrected chi connectivity index (χ3v) is 0.800. The highest BCUT2D eigenvalue weighted by atomic mass is 14.5. The van der Waals surface area contributed by atoms with Crippen LogP contribution in [0.15, 0.2) is 30.3 Å². The van der Waals surface area contributed by atoms with E-state index in [4.69, 9.17) is 5.73 Å². The maximum absolute atomic E-state index is 5.36. The minimum Gasteiger partial charge on any atom is -0.399 e. The van der Waals surface area contributed by atoms with Crippen molar-refractivity contribution in [3.63, 3.8) is 0 Å². The lowest BCUT2D eigenvalue weighted by atomic mass is 10.3. The van der Waals surface area contributed by atoms with Crippen LogP contribution in [0.4, 0.5) is 5.69 Å². The zero-order valence-corrected chi connectivity index (χ0v) is 5.62. The Morgan fingerprint density at radius 1 is 1.20 bits per heavy atom. The molecule has 0 amide bonds. The van der Waals surface area contributed by atoms with Crippen LogP contribution in [-0.4, -0.2) is 0 Å². The fourth-order valence-corrected chi connectivity index (χ4v) is 0.453. The van der Waals surface area contributed by atoms with E-state index in [-0.39, 0.29) is 0 Å². The van der Waals surface area contributed by atoms with Gasteiger partial charge in [0.05, 0.1) is 0 Å². The molecule has 52 valence electrons. The van der Waals surface area contributed by atoms with Gasteiger partial charge in [0.2, 0.25) is 0 Å². The average molecular weight is 134 g/mol. The van der Waals surface area contributed by atoms with E-state index < -0.39 is 0 Å². The zero-order chi connectivity index (χ0) is 7.82. The van der Waals surface area contributed by atoms with Crippen molar-refractivity contribution in [2.75, 3.05) is 5.73 Å². The Morgan fingerprint density at radius 3 is 1.80 bits per heavy atom. The summed E-state index contributed by atoms with van der Waals surface area (Å²) < 4.78 is 0. The van der Waals surface area contributed by atoms with Crippen LogP contribution in [0.5, 0.6) is 0 Å². The van der Waals surface area contributed by atoms with E-state index >= 15 is 0 Å². The van der Waals surface area contributed by atoms with E-state index in [1.165, 1.54) is 0 Å². The Balaban J connectivity index is 0.000000236. The van der Waals surface area contributed by atoms with Gasteiger partial charge in [0.25, 0.3) is 0 Å². The molecule has 0 heterocycles. The van der Waals surface area contributed by atoms with Crippen molar-refractivity contribution in [2.45, 2.75) is 0 Å². The quantitative estimate of drug-likeness (QED) is 0.313. The van der Waals surface area contributed by atoms with Gasteiger partial charge < -0.3 is 11.5 Å². The molecular formula is C8H10N2. The highest BCUT2D eigenvalue weighted by Gasteiger charge is 1.72. The van der Waals surface area contributed by atoms with Gasteiger partial charge in [-0.2, -0.15) is 0 Å². The molecule has 0 fully saturated rings. The lowest BCUT2D eigenvalue weighted by Crippen LogP contribution is -1.79. The molecule has 0 atom stereocenters. The second-order valence-electron chi connectivity index (χ2n) is 1.58. The molecule has 0 saturated carbocycles. The predicted molar refractivity (Wildman–Crippen MR) is 43.9 cm³/mol. The largest absolute Gasteiger partial charge is 0.399 e. The molecule has 0 bridgehead atoms. The summed E-state index contributed by atoms with van der Waals surface area (Å²) in [7, 11) is 0. The molecule has 0 unspecified atom stereocenters. The third-order valence-electron chi connectivity index (χ3n) is 0.800. The van der Waals surface area contributed by atoms with Crippen LogP contribution in [0.1, 0.15) is 0 Å². The number of terminal acetylenes is 1. The van der Waals surface area contributed by atoms with Crippen molar-refractivity contribution in [3.8, 4) is 12.5 Å². The summed E-state index contributed by atoms with van der Waals surface area (Å²) in [4.78, 5) is 0. The summed E-state index contributed by atoms with van der Waals surface area (Å²) in [5, 5.41) is 0. The third kappa shape index (κ3) is 4.54. The van der Waals surface area contributed by atoms with Gasteiger partial charge in [-0.3, -0.25) is 0 Å². The normalized spacial score (nSPS) is 6.70. The highest BCUT2D eigenvalue weighted by molar-refractivity contribution is 5.35. The van der Waals surface area contributed by atoms with Crippen LogP contribution in [0.25, 0.3) is 0 Å². The highest BCUT2D eigenvalue weighted by Crippen LogP contribution is 1.95. The summed E-state index contributed by atoms with van der Waals surface area (Å²) >= 11 is 0. The summed E-state index contributed by atoms with van der Waals surface area (Å²) in [6.45, 7) is 0. The van der Waals surface area contributed by atoms with Gasteiger partial charge in [0.15, 0.2) is 0 Å². The summed E-state index contributed by atoms with van der Waals surface area (Å²) in [6, 6.07) is 11.2. The lowest BCUT2D eigenvalue weighted by Gasteiger charge is -1.83. The first kappa shape index (κ1) is 8.38. The summed E-state index contributed by atoms with van der Waals surface area (Å²) in [5.41, 5.74) is 10.6. The van der Waals surface area contributed by atoms with Crippen LogP contribution >= 0.6 is 0 Å². The zero-order valence-electron chi connectivity index (χ0n) is 5.62. The molecule has 0 aliphatic rings.